The van der Waals surface area contributed by atoms with Crippen molar-refractivity contribution < 1.29 is 24.1 Å². The molecule has 3 heterocycles. The number of fused-ring (bicyclic) bond motifs is 1. The molecule has 2 N–H and O–H groups in total. The Hall–Kier alpha value is -1.52. The average Bonchev–Trinajstić information content (AvgIpc) is 2.98. The molecule has 0 radical (unpaired) electrons. The molecule has 2 fully saturated rings. The Morgan fingerprint density at radius 1 is 1.36 bits per heavy atom. The lowest BCUT2D eigenvalue weighted by Crippen LogP contribution is -2.37. The number of rotatable bonds is 4. The molecular weight excluding hydrogens is 296 g/mol. The van der Waals surface area contributed by atoms with Crippen LogP contribution in [0.5, 0.6) is 0 Å². The highest BCUT2D eigenvalue weighted by molar-refractivity contribution is 4.98. The molecule has 122 valence electrons. The molecule has 9 heteroatoms. The third-order valence-corrected chi connectivity index (χ3v) is 3.75. The normalized spacial score (nSPS) is 35.5. The summed E-state index contributed by atoms with van der Waals surface area (Å²) in [6.07, 6.45) is -2.61. The molecule has 3 rings (SSSR count). The van der Waals surface area contributed by atoms with Crippen LogP contribution < -0.4 is 11.2 Å². The molecule has 2 saturated heterocycles. The zero-order chi connectivity index (χ0) is 15.9. The van der Waals surface area contributed by atoms with Crippen LogP contribution in [0.2, 0.25) is 0 Å². The molecule has 1 aromatic rings. The molecular formula is C13H18N2O7. The molecule has 2 unspecified atom stereocenters. The lowest BCUT2D eigenvalue weighted by molar-refractivity contribution is -0.176. The molecule has 0 bridgehead atoms. The van der Waals surface area contributed by atoms with Gasteiger partial charge in [-0.2, -0.15) is 0 Å². The topological polar surface area (TPSA) is 112 Å². The maximum atomic E-state index is 11.9. The van der Waals surface area contributed by atoms with Gasteiger partial charge in [0, 0.05) is 19.4 Å². The first kappa shape index (κ1) is 15.4. The van der Waals surface area contributed by atoms with Gasteiger partial charge in [-0.1, -0.05) is 0 Å². The fourth-order valence-corrected chi connectivity index (χ4v) is 2.80. The predicted molar refractivity (Wildman–Crippen MR) is 72.3 cm³/mol. The van der Waals surface area contributed by atoms with E-state index in [2.05, 4.69) is 4.98 Å². The first-order valence-electron chi connectivity index (χ1n) is 6.96. The number of aliphatic hydroxyl groups excluding tert-OH is 1. The minimum Gasteiger partial charge on any atom is -0.391 e. The Morgan fingerprint density at radius 2 is 2.09 bits per heavy atom. The Kier molecular flexibility index (Phi) is 4.15. The van der Waals surface area contributed by atoms with Gasteiger partial charge in [0.05, 0.1) is 12.7 Å². The van der Waals surface area contributed by atoms with E-state index in [0.29, 0.717) is 0 Å². The lowest BCUT2D eigenvalue weighted by Gasteiger charge is -2.22. The summed E-state index contributed by atoms with van der Waals surface area (Å²) in [5, 5.41) is 9.86. The SMILES string of the molecule is COCC1O[C@@H]2[C@H](O1)[C@@H](C(C)O)O[C@H]2n1ccc(=O)[nH]c1=O. The first-order chi connectivity index (χ1) is 10.5. The second-order valence-corrected chi connectivity index (χ2v) is 5.34. The molecule has 6 atom stereocenters. The summed E-state index contributed by atoms with van der Waals surface area (Å²) in [7, 11) is 1.52. The number of aromatic amines is 1. The second-order valence-electron chi connectivity index (χ2n) is 5.34. The zero-order valence-electron chi connectivity index (χ0n) is 12.2. The summed E-state index contributed by atoms with van der Waals surface area (Å²) < 4.78 is 23.4. The van der Waals surface area contributed by atoms with E-state index in [-0.39, 0.29) is 6.61 Å². The zero-order valence-corrected chi connectivity index (χ0v) is 12.2. The number of nitrogens with one attached hydrogen (secondary N) is 1. The van der Waals surface area contributed by atoms with Gasteiger partial charge in [0.25, 0.3) is 5.56 Å². The minimum absolute atomic E-state index is 0.229. The van der Waals surface area contributed by atoms with E-state index in [9.17, 15) is 14.7 Å². The summed E-state index contributed by atoms with van der Waals surface area (Å²) in [6.45, 7) is 1.81. The smallest absolute Gasteiger partial charge is 0.330 e. The van der Waals surface area contributed by atoms with Crippen molar-refractivity contribution in [2.75, 3.05) is 13.7 Å². The fourth-order valence-electron chi connectivity index (χ4n) is 2.80. The van der Waals surface area contributed by atoms with Crippen LogP contribution in [0, 0.1) is 0 Å². The average molecular weight is 314 g/mol. The molecule has 0 spiro atoms. The number of hydrogen-bond acceptors (Lipinski definition) is 7. The van der Waals surface area contributed by atoms with Crippen molar-refractivity contribution in [3.8, 4) is 0 Å². The summed E-state index contributed by atoms with van der Waals surface area (Å²) in [4.78, 5) is 25.3. The molecule has 9 nitrogen and oxygen atoms in total. The van der Waals surface area contributed by atoms with Gasteiger partial charge in [0.2, 0.25) is 0 Å². The highest BCUT2D eigenvalue weighted by atomic mass is 16.8. The maximum absolute atomic E-state index is 11.9. The van der Waals surface area contributed by atoms with Crippen LogP contribution in [-0.2, 0) is 18.9 Å². The molecule has 0 amide bonds. The second kappa shape index (κ2) is 5.94. The quantitative estimate of drug-likeness (QED) is 0.701. The van der Waals surface area contributed by atoms with Crippen molar-refractivity contribution >= 4 is 0 Å². The minimum atomic E-state index is -0.805. The third-order valence-electron chi connectivity index (χ3n) is 3.75. The van der Waals surface area contributed by atoms with Crippen molar-refractivity contribution in [2.45, 2.75) is 43.9 Å². The number of aromatic nitrogens is 2. The van der Waals surface area contributed by atoms with Crippen LogP contribution in [-0.4, -0.2) is 59.1 Å². The van der Waals surface area contributed by atoms with E-state index in [1.807, 2.05) is 0 Å². The number of methoxy groups -OCH3 is 1. The summed E-state index contributed by atoms with van der Waals surface area (Å²) in [6, 6.07) is 1.22. The van der Waals surface area contributed by atoms with Crippen LogP contribution in [0.15, 0.2) is 21.9 Å². The van der Waals surface area contributed by atoms with Gasteiger partial charge >= 0.3 is 5.69 Å². The van der Waals surface area contributed by atoms with Gasteiger partial charge < -0.3 is 24.1 Å². The number of hydrogen-bond donors (Lipinski definition) is 2. The lowest BCUT2D eigenvalue weighted by atomic mass is 10.1. The van der Waals surface area contributed by atoms with E-state index in [4.69, 9.17) is 18.9 Å². The fraction of sp³-hybridized carbons (Fsp3) is 0.692. The van der Waals surface area contributed by atoms with E-state index in [0.717, 1.165) is 0 Å². The molecule has 22 heavy (non-hydrogen) atoms. The van der Waals surface area contributed by atoms with Crippen LogP contribution in [0.3, 0.4) is 0 Å². The van der Waals surface area contributed by atoms with Crippen molar-refractivity contribution in [1.29, 1.82) is 0 Å². The highest BCUT2D eigenvalue weighted by Crippen LogP contribution is 2.39. The van der Waals surface area contributed by atoms with Gasteiger partial charge in [-0.25, -0.2) is 4.79 Å². The van der Waals surface area contributed by atoms with E-state index >= 15 is 0 Å². The van der Waals surface area contributed by atoms with Gasteiger partial charge in [-0.05, 0) is 6.92 Å². The molecule has 2 aliphatic rings. The van der Waals surface area contributed by atoms with E-state index in [1.165, 1.54) is 23.9 Å². The summed E-state index contributed by atoms with van der Waals surface area (Å²) in [5.41, 5.74) is -1.11. The standard InChI is InChI=1S/C13H18N2O7/c1-6(16)9-10-11(21-8(20-10)5-19-2)12(22-9)15-4-3-7(17)14-13(15)18/h3-4,6,8-12,16H,5H2,1-2H3,(H,14,17,18)/t6?,8?,9-,10-,11-,12-/m1/s1. The molecule has 0 aliphatic carbocycles. The summed E-state index contributed by atoms with van der Waals surface area (Å²) >= 11 is 0. The van der Waals surface area contributed by atoms with Crippen molar-refractivity contribution in [3.63, 3.8) is 0 Å². The van der Waals surface area contributed by atoms with E-state index < -0.39 is 48.2 Å². The van der Waals surface area contributed by atoms with Crippen LogP contribution >= 0.6 is 0 Å². The number of aliphatic hydroxyl groups is 1. The number of H-pyrrole nitrogens is 1. The van der Waals surface area contributed by atoms with Crippen LogP contribution in [0.25, 0.3) is 0 Å². The summed E-state index contributed by atoms with van der Waals surface area (Å²) in [5.74, 6) is 0. The third kappa shape index (κ3) is 2.61. The van der Waals surface area contributed by atoms with Crippen LogP contribution in [0.1, 0.15) is 13.2 Å². The van der Waals surface area contributed by atoms with Gasteiger partial charge in [-0.3, -0.25) is 14.3 Å². The van der Waals surface area contributed by atoms with Gasteiger partial charge in [0.15, 0.2) is 12.5 Å². The molecule has 0 saturated carbocycles. The van der Waals surface area contributed by atoms with Gasteiger partial charge in [0.1, 0.15) is 18.3 Å². The largest absolute Gasteiger partial charge is 0.391 e. The van der Waals surface area contributed by atoms with Crippen molar-refractivity contribution in [1.82, 2.24) is 9.55 Å². The number of nitrogens with zero attached hydrogens (tertiary/aromatic N) is 1. The monoisotopic (exact) mass is 314 g/mol. The Bertz CT molecular complexity index is 640. The van der Waals surface area contributed by atoms with Crippen molar-refractivity contribution in [2.24, 2.45) is 0 Å². The molecule has 0 aromatic carbocycles. The van der Waals surface area contributed by atoms with Crippen LogP contribution in [0.4, 0.5) is 0 Å². The first-order valence-corrected chi connectivity index (χ1v) is 6.96. The Morgan fingerprint density at radius 3 is 2.73 bits per heavy atom. The van der Waals surface area contributed by atoms with E-state index in [1.54, 1.807) is 6.92 Å². The Balaban J connectivity index is 1.91. The highest BCUT2D eigenvalue weighted by Gasteiger charge is 2.54. The van der Waals surface area contributed by atoms with Gasteiger partial charge in [-0.15, -0.1) is 0 Å². The number of ether oxygens (including phenoxy) is 4. The molecule has 1 aromatic heterocycles. The van der Waals surface area contributed by atoms with Crippen molar-refractivity contribution in [3.05, 3.63) is 33.1 Å². The maximum Gasteiger partial charge on any atom is 0.330 e. The Labute approximate surface area is 125 Å². The predicted octanol–water partition coefficient (Wildman–Crippen LogP) is -1.43. The molecule has 2 aliphatic heterocycles.